The first kappa shape index (κ1) is 25.5. The maximum absolute atomic E-state index is 11.7. The van der Waals surface area contributed by atoms with E-state index in [2.05, 4.69) is 0 Å². The molecule has 0 saturated heterocycles. The van der Waals surface area contributed by atoms with Crippen LogP contribution < -0.4 is 4.74 Å². The van der Waals surface area contributed by atoms with Crippen LogP contribution in [0.5, 0.6) is 11.5 Å². The largest absolute Gasteiger partial charge is 0.508 e. The van der Waals surface area contributed by atoms with Gasteiger partial charge < -0.3 is 38.3 Å². The van der Waals surface area contributed by atoms with Crippen molar-refractivity contribution in [2.24, 2.45) is 0 Å². The summed E-state index contributed by atoms with van der Waals surface area (Å²) in [7, 11) is 1.64. The molecule has 176 valence electrons. The van der Waals surface area contributed by atoms with Crippen molar-refractivity contribution in [3.05, 3.63) is 23.8 Å². The maximum Gasteiger partial charge on any atom is 0.311 e. The Kier molecular flexibility index (Phi) is 13.1. The molecule has 0 fully saturated rings. The van der Waals surface area contributed by atoms with Crippen LogP contribution in [0.1, 0.15) is 24.3 Å². The molecule has 1 unspecified atom stereocenters. The van der Waals surface area contributed by atoms with Crippen molar-refractivity contribution >= 4 is 5.97 Å². The monoisotopic (exact) mass is 442 g/mol. The number of carbonyl (C=O) groups excluding carboxylic acids is 1. The fourth-order valence-electron chi connectivity index (χ4n) is 3.03. The van der Waals surface area contributed by atoms with E-state index in [0.29, 0.717) is 91.3 Å². The second kappa shape index (κ2) is 16.0. The quantitative estimate of drug-likeness (QED) is 0.207. The molecule has 1 aromatic rings. The zero-order valence-corrected chi connectivity index (χ0v) is 18.2. The average Bonchev–Trinajstić information content (AvgIpc) is 2.75. The van der Waals surface area contributed by atoms with Crippen LogP contribution in [0.3, 0.4) is 0 Å². The second-order valence-corrected chi connectivity index (χ2v) is 6.94. The number of aromatic hydroxyl groups is 1. The molecule has 1 N–H and O–H groups in total. The molecule has 1 aromatic carbocycles. The molecule has 0 aromatic heterocycles. The minimum atomic E-state index is -0.285. The lowest BCUT2D eigenvalue weighted by molar-refractivity contribution is -0.136. The minimum absolute atomic E-state index is 0.0327. The SMILES string of the molecule is COCCOCCOCCOCCOCCOCCC1CC(=O)Oc2cc(O)ccc21. The molecule has 0 saturated carbocycles. The number of esters is 1. The van der Waals surface area contributed by atoms with Gasteiger partial charge in [0.1, 0.15) is 11.5 Å². The number of methoxy groups -OCH3 is 1. The van der Waals surface area contributed by atoms with Crippen LogP contribution in [0.4, 0.5) is 0 Å². The summed E-state index contributed by atoms with van der Waals surface area (Å²) in [6.07, 6.45) is 1.02. The Bertz CT molecular complexity index is 623. The van der Waals surface area contributed by atoms with Crippen molar-refractivity contribution in [1.29, 1.82) is 0 Å². The summed E-state index contributed by atoms with van der Waals surface area (Å²) in [6.45, 7) is 5.76. The standard InChI is InChI=1S/C22H34O9/c1-25-6-7-27-10-11-29-14-15-30-13-12-28-9-8-26-5-4-18-16-22(24)31-21-17-19(23)2-3-20(18)21/h2-3,17-18,23H,4-16H2,1H3. The third-order valence-corrected chi connectivity index (χ3v) is 4.60. The van der Waals surface area contributed by atoms with Crippen LogP contribution in [0.2, 0.25) is 0 Å². The van der Waals surface area contributed by atoms with E-state index in [4.69, 9.17) is 33.2 Å². The molecule has 1 aliphatic rings. The highest BCUT2D eigenvalue weighted by molar-refractivity contribution is 5.76. The predicted octanol–water partition coefficient (Wildman–Crippen LogP) is 1.90. The van der Waals surface area contributed by atoms with Gasteiger partial charge in [0, 0.05) is 25.7 Å². The van der Waals surface area contributed by atoms with Crippen molar-refractivity contribution in [2.75, 3.05) is 79.8 Å². The molecule has 0 bridgehead atoms. The molecule has 1 aliphatic heterocycles. The number of phenols is 1. The lowest BCUT2D eigenvalue weighted by Crippen LogP contribution is -2.21. The van der Waals surface area contributed by atoms with Gasteiger partial charge >= 0.3 is 5.97 Å². The average molecular weight is 443 g/mol. The summed E-state index contributed by atoms with van der Waals surface area (Å²) < 4.78 is 37.2. The summed E-state index contributed by atoms with van der Waals surface area (Å²) in [6, 6.07) is 4.88. The predicted molar refractivity (Wildman–Crippen MR) is 112 cm³/mol. The number of fused-ring (bicyclic) bond motifs is 1. The number of ether oxygens (including phenoxy) is 7. The highest BCUT2D eigenvalue weighted by Crippen LogP contribution is 2.38. The van der Waals surface area contributed by atoms with Gasteiger partial charge in [-0.05, 0) is 18.1 Å². The van der Waals surface area contributed by atoms with Crippen molar-refractivity contribution < 1.29 is 43.1 Å². The summed E-state index contributed by atoms with van der Waals surface area (Å²) >= 11 is 0. The Morgan fingerprint density at radius 3 is 1.90 bits per heavy atom. The zero-order valence-electron chi connectivity index (χ0n) is 18.2. The molecular weight excluding hydrogens is 408 g/mol. The molecule has 9 nitrogen and oxygen atoms in total. The van der Waals surface area contributed by atoms with Gasteiger partial charge in [0.2, 0.25) is 0 Å². The lowest BCUT2D eigenvalue weighted by atomic mass is 9.90. The van der Waals surface area contributed by atoms with Gasteiger partial charge in [-0.1, -0.05) is 6.07 Å². The van der Waals surface area contributed by atoms with Crippen LogP contribution in [-0.4, -0.2) is 90.9 Å². The fourth-order valence-corrected chi connectivity index (χ4v) is 3.03. The first-order valence-electron chi connectivity index (χ1n) is 10.6. The van der Waals surface area contributed by atoms with E-state index < -0.39 is 0 Å². The Labute approximate surface area is 183 Å². The van der Waals surface area contributed by atoms with Crippen LogP contribution >= 0.6 is 0 Å². The van der Waals surface area contributed by atoms with Crippen LogP contribution in [0, 0.1) is 0 Å². The molecule has 1 heterocycles. The summed E-state index contributed by atoms with van der Waals surface area (Å²) in [5.74, 6) is 0.267. The topological polar surface area (TPSA) is 102 Å². The first-order valence-corrected chi connectivity index (χ1v) is 10.6. The maximum atomic E-state index is 11.7. The third-order valence-electron chi connectivity index (χ3n) is 4.60. The summed E-state index contributed by atoms with van der Waals surface area (Å²) in [4.78, 5) is 11.7. The number of carbonyl (C=O) groups is 1. The number of hydrogen-bond acceptors (Lipinski definition) is 9. The van der Waals surface area contributed by atoms with E-state index in [-0.39, 0.29) is 17.6 Å². The van der Waals surface area contributed by atoms with Gasteiger partial charge in [-0.25, -0.2) is 0 Å². The molecule has 0 amide bonds. The molecule has 9 heteroatoms. The molecule has 2 rings (SSSR count). The van der Waals surface area contributed by atoms with Gasteiger partial charge in [-0.2, -0.15) is 0 Å². The molecular formula is C22H34O9. The fraction of sp³-hybridized carbons (Fsp3) is 0.682. The summed E-state index contributed by atoms with van der Waals surface area (Å²) in [5.41, 5.74) is 0.928. The van der Waals surface area contributed by atoms with Gasteiger partial charge in [0.05, 0.1) is 72.5 Å². The number of phenolic OH excluding ortho intramolecular Hbond substituents is 1. The molecule has 1 atom stereocenters. The van der Waals surface area contributed by atoms with Gasteiger partial charge in [0.25, 0.3) is 0 Å². The molecule has 31 heavy (non-hydrogen) atoms. The van der Waals surface area contributed by atoms with E-state index >= 15 is 0 Å². The van der Waals surface area contributed by atoms with E-state index in [0.717, 1.165) is 5.56 Å². The normalized spacial score (nSPS) is 15.6. The van der Waals surface area contributed by atoms with Crippen LogP contribution in [0.15, 0.2) is 18.2 Å². The number of rotatable bonds is 18. The van der Waals surface area contributed by atoms with E-state index in [1.54, 1.807) is 19.2 Å². The Balaban J connectivity index is 1.39. The number of benzene rings is 1. The van der Waals surface area contributed by atoms with Crippen molar-refractivity contribution in [2.45, 2.75) is 18.8 Å². The number of hydrogen-bond donors (Lipinski definition) is 1. The van der Waals surface area contributed by atoms with E-state index in [1.807, 2.05) is 0 Å². The van der Waals surface area contributed by atoms with E-state index in [1.165, 1.54) is 6.07 Å². The highest BCUT2D eigenvalue weighted by atomic mass is 16.6. The van der Waals surface area contributed by atoms with Crippen molar-refractivity contribution in [3.63, 3.8) is 0 Å². The summed E-state index contributed by atoms with van der Waals surface area (Å²) in [5, 5.41) is 9.54. The smallest absolute Gasteiger partial charge is 0.311 e. The van der Waals surface area contributed by atoms with Crippen molar-refractivity contribution in [3.8, 4) is 11.5 Å². The third kappa shape index (κ3) is 10.9. The van der Waals surface area contributed by atoms with E-state index in [9.17, 15) is 9.90 Å². The Morgan fingerprint density at radius 1 is 0.839 bits per heavy atom. The van der Waals surface area contributed by atoms with Crippen LogP contribution in [0.25, 0.3) is 0 Å². The molecule has 0 spiro atoms. The van der Waals surface area contributed by atoms with Gasteiger partial charge in [0.15, 0.2) is 0 Å². The van der Waals surface area contributed by atoms with Crippen molar-refractivity contribution in [1.82, 2.24) is 0 Å². The van der Waals surface area contributed by atoms with Gasteiger partial charge in [-0.3, -0.25) is 4.79 Å². The second-order valence-electron chi connectivity index (χ2n) is 6.94. The highest BCUT2D eigenvalue weighted by Gasteiger charge is 2.27. The Morgan fingerprint density at radius 2 is 1.35 bits per heavy atom. The zero-order chi connectivity index (χ0) is 22.2. The lowest BCUT2D eigenvalue weighted by Gasteiger charge is -2.24. The molecule has 0 aliphatic carbocycles. The minimum Gasteiger partial charge on any atom is -0.508 e. The van der Waals surface area contributed by atoms with Gasteiger partial charge in [-0.15, -0.1) is 0 Å². The van der Waals surface area contributed by atoms with Crippen LogP contribution in [-0.2, 0) is 33.2 Å². The molecule has 0 radical (unpaired) electrons. The first-order chi connectivity index (χ1) is 15.2. The Hall–Kier alpha value is -1.75.